The molecule has 0 aliphatic heterocycles. The lowest BCUT2D eigenvalue weighted by Gasteiger charge is -2.24. The van der Waals surface area contributed by atoms with E-state index in [9.17, 15) is 15.0 Å². The molecule has 0 fully saturated rings. The first-order valence-corrected chi connectivity index (χ1v) is 7.77. The normalized spacial score (nSPS) is 11.9. The molecule has 0 amide bonds. The predicted molar refractivity (Wildman–Crippen MR) is 84.1 cm³/mol. The van der Waals surface area contributed by atoms with Crippen LogP contribution in [-0.4, -0.2) is 21.9 Å². The third-order valence-electron chi connectivity index (χ3n) is 3.11. The van der Waals surface area contributed by atoms with Crippen LogP contribution in [-0.2, 0) is 5.41 Å². The topological polar surface area (TPSA) is 57.5 Å². The fourth-order valence-corrected chi connectivity index (χ4v) is 3.02. The van der Waals surface area contributed by atoms with Gasteiger partial charge in [0.25, 0.3) is 0 Å². The molecule has 1 rings (SSSR count). The largest absolute Gasteiger partial charge is 0.507 e. The quantitative estimate of drug-likeness (QED) is 0.806. The second-order valence-corrected chi connectivity index (χ2v) is 7.59. The van der Waals surface area contributed by atoms with E-state index in [1.165, 1.54) is 0 Å². The van der Waals surface area contributed by atoms with Crippen LogP contribution in [0.15, 0.2) is 11.0 Å². The molecule has 0 heterocycles. The lowest BCUT2D eigenvalue weighted by atomic mass is 9.84. The molecule has 0 saturated carbocycles. The molecule has 4 heteroatoms. The SMILES string of the molecule is Cc1c(SCC(C)C)cc(C(C)(C)C)c(O)c1C(=O)O. The van der Waals surface area contributed by atoms with Crippen molar-refractivity contribution in [3.05, 3.63) is 22.8 Å². The van der Waals surface area contributed by atoms with Gasteiger partial charge in [-0.15, -0.1) is 11.8 Å². The Balaban J connectivity index is 3.46. The average Bonchev–Trinajstić information content (AvgIpc) is 2.25. The molecule has 3 nitrogen and oxygen atoms in total. The average molecular weight is 296 g/mol. The van der Waals surface area contributed by atoms with Gasteiger partial charge in [0.05, 0.1) is 0 Å². The molecule has 0 atom stereocenters. The minimum absolute atomic E-state index is 0.0312. The summed E-state index contributed by atoms with van der Waals surface area (Å²) in [6.07, 6.45) is 0. The number of thioether (sulfide) groups is 1. The molecule has 2 N–H and O–H groups in total. The lowest BCUT2D eigenvalue weighted by Crippen LogP contribution is -2.15. The van der Waals surface area contributed by atoms with E-state index in [0.29, 0.717) is 17.0 Å². The highest BCUT2D eigenvalue weighted by atomic mass is 32.2. The second-order valence-electron chi connectivity index (χ2n) is 6.53. The highest BCUT2D eigenvalue weighted by Crippen LogP contribution is 2.40. The summed E-state index contributed by atoms with van der Waals surface area (Å²) in [5.74, 6) is 0.280. The number of carboxylic acids is 1. The Hall–Kier alpha value is -1.16. The van der Waals surface area contributed by atoms with E-state index in [1.807, 2.05) is 26.8 Å². The number of hydrogen-bond donors (Lipinski definition) is 2. The van der Waals surface area contributed by atoms with Crippen molar-refractivity contribution in [1.29, 1.82) is 0 Å². The van der Waals surface area contributed by atoms with E-state index >= 15 is 0 Å². The van der Waals surface area contributed by atoms with Crippen LogP contribution in [0.2, 0.25) is 0 Å². The van der Waals surface area contributed by atoms with Gasteiger partial charge in [-0.05, 0) is 29.9 Å². The smallest absolute Gasteiger partial charge is 0.339 e. The molecule has 0 aliphatic rings. The number of hydrogen-bond acceptors (Lipinski definition) is 3. The molecule has 1 aromatic carbocycles. The molecule has 0 spiro atoms. The minimum atomic E-state index is -1.07. The summed E-state index contributed by atoms with van der Waals surface area (Å²) in [5.41, 5.74) is 1.07. The molecule has 20 heavy (non-hydrogen) atoms. The van der Waals surface area contributed by atoms with E-state index in [4.69, 9.17) is 0 Å². The summed E-state index contributed by atoms with van der Waals surface area (Å²) in [5, 5.41) is 19.7. The molecule has 0 bridgehead atoms. The summed E-state index contributed by atoms with van der Waals surface area (Å²) in [6, 6.07) is 1.93. The van der Waals surface area contributed by atoms with Crippen molar-refractivity contribution in [2.24, 2.45) is 5.92 Å². The van der Waals surface area contributed by atoms with Crippen molar-refractivity contribution in [3.8, 4) is 5.75 Å². The monoisotopic (exact) mass is 296 g/mol. The van der Waals surface area contributed by atoms with E-state index in [2.05, 4.69) is 13.8 Å². The highest BCUT2D eigenvalue weighted by molar-refractivity contribution is 7.99. The van der Waals surface area contributed by atoms with Gasteiger partial charge in [0.15, 0.2) is 0 Å². The molecular formula is C16H24O3S. The van der Waals surface area contributed by atoms with Crippen LogP contribution < -0.4 is 0 Å². The van der Waals surface area contributed by atoms with Gasteiger partial charge in [0.1, 0.15) is 11.3 Å². The zero-order chi connectivity index (χ0) is 15.7. The maximum absolute atomic E-state index is 11.4. The van der Waals surface area contributed by atoms with Gasteiger partial charge >= 0.3 is 5.97 Å². The molecule has 0 radical (unpaired) electrons. The number of benzene rings is 1. The van der Waals surface area contributed by atoms with E-state index < -0.39 is 5.97 Å². The molecular weight excluding hydrogens is 272 g/mol. The van der Waals surface area contributed by atoms with Gasteiger partial charge in [0, 0.05) is 16.2 Å². The van der Waals surface area contributed by atoms with Gasteiger partial charge in [-0.1, -0.05) is 34.6 Å². The first kappa shape index (κ1) is 16.9. The van der Waals surface area contributed by atoms with E-state index in [1.54, 1.807) is 18.7 Å². The Bertz CT molecular complexity index is 513. The molecule has 0 aliphatic carbocycles. The van der Waals surface area contributed by atoms with E-state index in [-0.39, 0.29) is 16.7 Å². The van der Waals surface area contributed by atoms with Crippen molar-refractivity contribution in [1.82, 2.24) is 0 Å². The van der Waals surface area contributed by atoms with Gasteiger partial charge in [-0.2, -0.15) is 0 Å². The Labute approximate surface area is 125 Å². The van der Waals surface area contributed by atoms with E-state index in [0.717, 1.165) is 10.6 Å². The van der Waals surface area contributed by atoms with Crippen LogP contribution >= 0.6 is 11.8 Å². The van der Waals surface area contributed by atoms with Gasteiger partial charge in [-0.25, -0.2) is 4.79 Å². The standard InChI is InChI=1S/C16H24O3S/c1-9(2)8-20-12-7-11(16(4,5)6)14(17)13(10(12)3)15(18)19/h7,9,17H,8H2,1-6H3,(H,18,19). The summed E-state index contributed by atoms with van der Waals surface area (Å²) < 4.78 is 0. The summed E-state index contributed by atoms with van der Waals surface area (Å²) >= 11 is 1.65. The van der Waals surface area contributed by atoms with Crippen LogP contribution in [0.1, 0.15) is 56.1 Å². The Morgan fingerprint density at radius 2 is 1.90 bits per heavy atom. The highest BCUT2D eigenvalue weighted by Gasteiger charge is 2.26. The number of carbonyl (C=O) groups is 1. The Kier molecular flexibility index (Phi) is 5.14. The number of phenols is 1. The maximum atomic E-state index is 11.4. The third kappa shape index (κ3) is 3.69. The molecule has 0 aromatic heterocycles. The fourth-order valence-electron chi connectivity index (χ4n) is 1.98. The minimum Gasteiger partial charge on any atom is -0.507 e. The number of carboxylic acid groups (broad SMARTS) is 1. The molecule has 0 unspecified atom stereocenters. The number of aromatic hydroxyl groups is 1. The van der Waals surface area contributed by atoms with Crippen molar-refractivity contribution in [3.63, 3.8) is 0 Å². The van der Waals surface area contributed by atoms with Crippen LogP contribution in [0, 0.1) is 12.8 Å². The summed E-state index contributed by atoms with van der Waals surface area (Å²) in [4.78, 5) is 12.4. The molecule has 1 aromatic rings. The van der Waals surface area contributed by atoms with Crippen LogP contribution in [0.5, 0.6) is 5.75 Å². The lowest BCUT2D eigenvalue weighted by molar-refractivity contribution is 0.0692. The maximum Gasteiger partial charge on any atom is 0.339 e. The first-order chi connectivity index (χ1) is 9.05. The van der Waals surface area contributed by atoms with Crippen molar-refractivity contribution < 1.29 is 15.0 Å². The Morgan fingerprint density at radius 3 is 2.30 bits per heavy atom. The van der Waals surface area contributed by atoms with Crippen molar-refractivity contribution in [2.45, 2.75) is 51.9 Å². The van der Waals surface area contributed by atoms with Gasteiger partial charge in [0.2, 0.25) is 0 Å². The first-order valence-electron chi connectivity index (χ1n) is 6.78. The van der Waals surface area contributed by atoms with Crippen molar-refractivity contribution in [2.75, 3.05) is 5.75 Å². The third-order valence-corrected chi connectivity index (χ3v) is 4.67. The van der Waals surface area contributed by atoms with Gasteiger partial charge < -0.3 is 10.2 Å². The summed E-state index contributed by atoms with van der Waals surface area (Å²) in [7, 11) is 0. The predicted octanol–water partition coefficient (Wildman–Crippen LogP) is 4.44. The van der Waals surface area contributed by atoms with Gasteiger partial charge in [-0.3, -0.25) is 0 Å². The zero-order valence-corrected chi connectivity index (χ0v) is 13.9. The second kappa shape index (κ2) is 6.08. The number of rotatable bonds is 4. The zero-order valence-electron chi connectivity index (χ0n) is 13.1. The number of aromatic carboxylic acids is 1. The molecule has 0 saturated heterocycles. The Morgan fingerprint density at radius 1 is 1.35 bits per heavy atom. The van der Waals surface area contributed by atoms with Crippen LogP contribution in [0.4, 0.5) is 0 Å². The van der Waals surface area contributed by atoms with Crippen LogP contribution in [0.25, 0.3) is 0 Å². The summed E-state index contributed by atoms with van der Waals surface area (Å²) in [6.45, 7) is 11.9. The van der Waals surface area contributed by atoms with Crippen molar-refractivity contribution >= 4 is 17.7 Å². The molecule has 112 valence electrons. The fraction of sp³-hybridized carbons (Fsp3) is 0.562. The van der Waals surface area contributed by atoms with Crippen LogP contribution in [0.3, 0.4) is 0 Å².